The molecule has 4 aliphatic rings. The summed E-state index contributed by atoms with van der Waals surface area (Å²) in [6, 6.07) is 9.95. The second-order valence-electron chi connectivity index (χ2n) is 24.4. The predicted octanol–water partition coefficient (Wildman–Crippen LogP) is 11.6. The zero-order valence-corrected chi connectivity index (χ0v) is 49.1. The number of unbranched alkanes of at least 4 members (excludes halogenated alkanes) is 4. The van der Waals surface area contributed by atoms with Gasteiger partial charge in [0.2, 0.25) is 11.8 Å². The number of methoxy groups -OCH3 is 2. The molecule has 1 heterocycles. The van der Waals surface area contributed by atoms with Crippen molar-refractivity contribution in [3.8, 4) is 23.0 Å². The maximum atomic E-state index is 13.6. The standard InChI is InChI=1S/C65H94N6O9/c1-44(2)15-14-16-45(3)53-23-24-54-51-22-21-48-39-49(29-31-64(48,4)55(51)30-32-65(53,54)5)66-33-11-12-35-68-63(77)43-80-42-62(76)67-34-10-8-9-13-36-71-41-50(69-70-71)40-52(56(72)25-17-46-19-27-58(74)60(37-46)78-6)57(73)26-18-47-20-28-59(75)61(38-47)79-7/h17-21,25-28,37-38,41,44-45,49,51,53-55,66,72,74-75H,8-16,22-24,29-36,39-40,42-43H2,1-7H3,(H,67,76)(H,68,77)/b25-17+,26-18+,56-52?/t45-,49+,51+,53-,54+,55+,64+,65-/m1/s1. The zero-order valence-electron chi connectivity index (χ0n) is 49.1. The Morgan fingerprint density at radius 1 is 0.775 bits per heavy atom. The van der Waals surface area contributed by atoms with Crippen LogP contribution in [0.4, 0.5) is 0 Å². The van der Waals surface area contributed by atoms with Crippen molar-refractivity contribution >= 4 is 29.7 Å². The summed E-state index contributed by atoms with van der Waals surface area (Å²) in [6.07, 6.45) is 30.5. The number of carbonyl (C=O) groups excluding carboxylic acids is 3. The molecular weight excluding hydrogens is 1010 g/mol. The molecule has 1 aromatic heterocycles. The number of benzene rings is 2. The molecule has 0 saturated heterocycles. The zero-order chi connectivity index (χ0) is 57.2. The van der Waals surface area contributed by atoms with Gasteiger partial charge in [-0.05, 0) is 177 Å². The van der Waals surface area contributed by atoms with Crippen LogP contribution in [0, 0.1) is 46.3 Å². The van der Waals surface area contributed by atoms with Gasteiger partial charge in [0.05, 0.1) is 19.9 Å². The van der Waals surface area contributed by atoms with Crippen molar-refractivity contribution < 1.29 is 43.9 Å². The number of hydrogen-bond donors (Lipinski definition) is 6. The summed E-state index contributed by atoms with van der Waals surface area (Å²) in [6.45, 7) is 14.9. The molecule has 8 atom stereocenters. The lowest BCUT2D eigenvalue weighted by molar-refractivity contribution is -0.131. The third-order valence-corrected chi connectivity index (χ3v) is 18.6. The quantitative estimate of drug-likeness (QED) is 0.0117. The first-order chi connectivity index (χ1) is 38.5. The number of amides is 2. The van der Waals surface area contributed by atoms with Crippen LogP contribution in [0.2, 0.25) is 0 Å². The van der Waals surface area contributed by atoms with E-state index in [0.717, 1.165) is 80.6 Å². The van der Waals surface area contributed by atoms with Crippen molar-refractivity contribution in [1.82, 2.24) is 30.9 Å². The minimum atomic E-state index is -0.457. The van der Waals surface area contributed by atoms with Gasteiger partial charge in [0, 0.05) is 43.9 Å². The van der Waals surface area contributed by atoms with Crippen molar-refractivity contribution in [1.29, 1.82) is 0 Å². The van der Waals surface area contributed by atoms with E-state index in [0.29, 0.717) is 53.3 Å². The molecule has 3 fully saturated rings. The normalized spacial score (nSPS) is 24.2. The molecule has 4 aliphatic carbocycles. The third kappa shape index (κ3) is 16.6. The van der Waals surface area contributed by atoms with Gasteiger partial charge >= 0.3 is 0 Å². The fourth-order valence-electron chi connectivity index (χ4n) is 14.1. The topological polar surface area (TPSA) is 206 Å². The number of aliphatic hydroxyl groups is 1. The number of nitrogens with zero attached hydrogens (tertiary/aromatic N) is 3. The number of phenolic OH excluding ortho intramolecular Hbond substituents is 2. The molecule has 0 aliphatic heterocycles. The van der Waals surface area contributed by atoms with Crippen LogP contribution in [0.5, 0.6) is 23.0 Å². The number of nitrogens with one attached hydrogen (secondary N) is 3. The van der Waals surface area contributed by atoms with E-state index in [1.807, 2.05) is 0 Å². The second-order valence-corrected chi connectivity index (χ2v) is 24.4. The SMILES string of the molecule is COc1cc(/C=C/C(=O)C(Cc2cn(CCCCCCNC(=O)COCC(=O)NCCCCN[C@H]3CC[C@@]4(C)C(=CC[C@H]5[C@@H]6CC[C@H]([C@H](C)CCCC(C)C)[C@@]6(C)CC[C@@H]54)C3)nn2)=C(O)/C=C/c2ccc(O)c(OC)c2)ccc1O. The fourth-order valence-corrected chi connectivity index (χ4v) is 14.1. The molecule has 2 aromatic carbocycles. The van der Waals surface area contributed by atoms with Gasteiger partial charge in [0.15, 0.2) is 28.8 Å². The number of phenols is 2. The molecule has 2 amide bonds. The van der Waals surface area contributed by atoms with Crippen molar-refractivity contribution in [2.45, 2.75) is 163 Å². The Morgan fingerprint density at radius 3 is 2.10 bits per heavy atom. The number of carbonyl (C=O) groups is 3. The second kappa shape index (κ2) is 29.7. The molecule has 6 N–H and O–H groups in total. The van der Waals surface area contributed by atoms with Crippen molar-refractivity contribution in [3.63, 3.8) is 0 Å². The largest absolute Gasteiger partial charge is 0.508 e. The van der Waals surface area contributed by atoms with Crippen LogP contribution in [0.15, 0.2) is 77.7 Å². The average Bonchev–Trinajstić information content (AvgIpc) is 4.23. The van der Waals surface area contributed by atoms with Crippen LogP contribution < -0.4 is 25.4 Å². The molecule has 0 spiro atoms. The summed E-state index contributed by atoms with van der Waals surface area (Å²) < 4.78 is 17.5. The smallest absolute Gasteiger partial charge is 0.246 e. The van der Waals surface area contributed by atoms with Gasteiger partial charge in [-0.3, -0.25) is 19.1 Å². The molecule has 0 bridgehead atoms. The number of hydrogen-bond acceptors (Lipinski definition) is 12. The molecule has 0 radical (unpaired) electrons. The van der Waals surface area contributed by atoms with E-state index in [1.54, 1.807) is 52.9 Å². The summed E-state index contributed by atoms with van der Waals surface area (Å²) in [5.41, 5.74) is 4.43. The highest BCUT2D eigenvalue weighted by Crippen LogP contribution is 2.67. The number of aromatic nitrogens is 3. The highest BCUT2D eigenvalue weighted by atomic mass is 16.5. The Balaban J connectivity index is 0.731. The summed E-state index contributed by atoms with van der Waals surface area (Å²) in [5, 5.41) is 49.4. The first-order valence-corrected chi connectivity index (χ1v) is 30.0. The van der Waals surface area contributed by atoms with E-state index in [2.05, 4.69) is 67.0 Å². The monoisotopic (exact) mass is 1100 g/mol. The maximum Gasteiger partial charge on any atom is 0.246 e. The van der Waals surface area contributed by atoms with Crippen LogP contribution in [0.3, 0.4) is 0 Å². The number of fused-ring (bicyclic) bond motifs is 5. The number of allylic oxidation sites excluding steroid dienone is 4. The summed E-state index contributed by atoms with van der Waals surface area (Å²) in [5.74, 6) is 4.45. The number of aromatic hydroxyl groups is 2. The van der Waals surface area contributed by atoms with E-state index < -0.39 is 5.78 Å². The highest BCUT2D eigenvalue weighted by Gasteiger charge is 2.59. The number of aliphatic hydroxyl groups excluding tert-OH is 1. The van der Waals surface area contributed by atoms with Gasteiger partial charge in [-0.25, -0.2) is 0 Å². The number of aryl methyl sites for hydroxylation is 1. The van der Waals surface area contributed by atoms with Crippen molar-refractivity contribution in [2.24, 2.45) is 46.3 Å². The van der Waals surface area contributed by atoms with Crippen LogP contribution in [0.25, 0.3) is 12.2 Å². The average molecular weight is 1100 g/mol. The first kappa shape index (κ1) is 61.7. The molecule has 7 rings (SSSR count). The van der Waals surface area contributed by atoms with Crippen molar-refractivity contribution in [2.75, 3.05) is 47.1 Å². The highest BCUT2D eigenvalue weighted by molar-refractivity contribution is 6.07. The third-order valence-electron chi connectivity index (χ3n) is 18.6. The van der Waals surface area contributed by atoms with Crippen LogP contribution in [-0.4, -0.2) is 101 Å². The first-order valence-electron chi connectivity index (χ1n) is 30.0. The van der Waals surface area contributed by atoms with Gasteiger partial charge in [-0.1, -0.05) is 108 Å². The van der Waals surface area contributed by atoms with E-state index in [-0.39, 0.29) is 65.8 Å². The Hall–Kier alpha value is -5.93. The van der Waals surface area contributed by atoms with Crippen LogP contribution in [-0.2, 0) is 32.1 Å². The predicted molar refractivity (Wildman–Crippen MR) is 315 cm³/mol. The number of ketones is 1. The van der Waals surface area contributed by atoms with E-state index in [1.165, 1.54) is 109 Å². The minimum Gasteiger partial charge on any atom is -0.508 e. The molecule has 0 unspecified atom stereocenters. The lowest BCUT2D eigenvalue weighted by Gasteiger charge is -2.58. The van der Waals surface area contributed by atoms with Gasteiger partial charge < -0.3 is 45.5 Å². The fraction of sp³-hybridized carbons (Fsp3) is 0.615. The molecule has 80 heavy (non-hydrogen) atoms. The Kier molecular flexibility index (Phi) is 22.9. The summed E-state index contributed by atoms with van der Waals surface area (Å²) in [4.78, 5) is 38.5. The molecule has 15 nitrogen and oxygen atoms in total. The number of ether oxygens (including phenoxy) is 3. The number of rotatable bonds is 31. The molecule has 15 heteroatoms. The lowest BCUT2D eigenvalue weighted by Crippen LogP contribution is -2.51. The molecule has 438 valence electrons. The summed E-state index contributed by atoms with van der Waals surface area (Å²) in [7, 11) is 2.88. The Labute approximate surface area is 476 Å². The van der Waals surface area contributed by atoms with Gasteiger partial charge in [-0.2, -0.15) is 0 Å². The van der Waals surface area contributed by atoms with Gasteiger partial charge in [0.1, 0.15) is 19.0 Å². The maximum absolute atomic E-state index is 13.6. The van der Waals surface area contributed by atoms with Crippen LogP contribution in [0.1, 0.15) is 161 Å². The van der Waals surface area contributed by atoms with E-state index in [4.69, 9.17) is 14.2 Å². The molecular formula is C65H94N6O9. The summed E-state index contributed by atoms with van der Waals surface area (Å²) >= 11 is 0. The molecule has 3 saturated carbocycles. The lowest BCUT2D eigenvalue weighted by atomic mass is 9.47. The Bertz CT molecular complexity index is 2660. The van der Waals surface area contributed by atoms with Crippen molar-refractivity contribution in [3.05, 3.63) is 94.5 Å². The van der Waals surface area contributed by atoms with Gasteiger partial charge in [0.25, 0.3) is 0 Å². The Morgan fingerprint density at radius 2 is 1.43 bits per heavy atom. The van der Waals surface area contributed by atoms with Crippen LogP contribution >= 0.6 is 0 Å². The van der Waals surface area contributed by atoms with E-state index in [9.17, 15) is 29.7 Å². The molecule has 3 aromatic rings. The van der Waals surface area contributed by atoms with E-state index >= 15 is 0 Å². The van der Waals surface area contributed by atoms with Gasteiger partial charge in [-0.15, -0.1) is 5.10 Å². The minimum absolute atomic E-state index is 0.00179.